The number of thiophene rings is 1. The molecule has 0 saturated heterocycles. The minimum atomic E-state index is -0.820. The van der Waals surface area contributed by atoms with Gasteiger partial charge in [0, 0.05) is 23.4 Å². The number of rotatable bonds is 9. The fourth-order valence-corrected chi connectivity index (χ4v) is 3.74. The predicted octanol–water partition coefficient (Wildman–Crippen LogP) is 3.16. The van der Waals surface area contributed by atoms with Gasteiger partial charge in [-0.25, -0.2) is 0 Å². The second-order valence-electron chi connectivity index (χ2n) is 4.91. The average molecular weight is 337 g/mol. The van der Waals surface area contributed by atoms with Crippen molar-refractivity contribution in [2.75, 3.05) is 18.1 Å². The lowest BCUT2D eigenvalue weighted by Crippen LogP contribution is -2.25. The van der Waals surface area contributed by atoms with E-state index in [1.165, 1.54) is 27.4 Å². The van der Waals surface area contributed by atoms with E-state index in [0.29, 0.717) is 18.7 Å². The van der Waals surface area contributed by atoms with Crippen LogP contribution in [0.15, 0.2) is 29.6 Å². The number of carbonyl (C=O) groups is 2. The first-order valence-electron chi connectivity index (χ1n) is 7.18. The maximum absolute atomic E-state index is 11.7. The molecule has 22 heavy (non-hydrogen) atoms. The molecule has 1 aromatic heterocycles. The minimum absolute atomic E-state index is 0.0375. The molecule has 0 spiro atoms. The summed E-state index contributed by atoms with van der Waals surface area (Å²) in [5, 5.41) is 14.8. The van der Waals surface area contributed by atoms with Gasteiger partial charge in [-0.15, -0.1) is 23.1 Å². The molecule has 6 heteroatoms. The van der Waals surface area contributed by atoms with Gasteiger partial charge < -0.3 is 10.4 Å². The molecule has 4 nitrogen and oxygen atoms in total. The van der Waals surface area contributed by atoms with Gasteiger partial charge >= 0.3 is 5.97 Å². The molecule has 0 aliphatic heterocycles. The molecule has 2 rings (SSSR count). The summed E-state index contributed by atoms with van der Waals surface area (Å²) < 4.78 is 1.29. The molecule has 0 radical (unpaired) electrons. The Bertz CT molecular complexity index is 639. The van der Waals surface area contributed by atoms with Crippen LogP contribution in [-0.4, -0.2) is 35.0 Å². The van der Waals surface area contributed by atoms with E-state index < -0.39 is 5.97 Å². The van der Waals surface area contributed by atoms with Crippen molar-refractivity contribution in [3.05, 3.63) is 35.2 Å². The number of thioether (sulfide) groups is 1. The van der Waals surface area contributed by atoms with Crippen LogP contribution < -0.4 is 5.32 Å². The van der Waals surface area contributed by atoms with E-state index in [1.54, 1.807) is 11.3 Å². The van der Waals surface area contributed by atoms with Crippen LogP contribution in [0.1, 0.15) is 18.4 Å². The highest BCUT2D eigenvalue weighted by molar-refractivity contribution is 7.99. The summed E-state index contributed by atoms with van der Waals surface area (Å²) in [4.78, 5) is 22.0. The number of hydrogen-bond donors (Lipinski definition) is 2. The average Bonchev–Trinajstić information content (AvgIpc) is 2.90. The Hall–Kier alpha value is -1.53. The number of amides is 1. The maximum Gasteiger partial charge on any atom is 0.313 e. The highest BCUT2D eigenvalue weighted by Gasteiger charge is 2.05. The second kappa shape index (κ2) is 8.80. The number of carboxylic acid groups (broad SMARTS) is 1. The lowest BCUT2D eigenvalue weighted by atomic mass is 10.1. The number of carboxylic acids is 1. The molecule has 0 bridgehead atoms. The van der Waals surface area contributed by atoms with Crippen molar-refractivity contribution in [1.29, 1.82) is 0 Å². The fourth-order valence-electron chi connectivity index (χ4n) is 2.18. The Labute approximate surface area is 137 Å². The van der Waals surface area contributed by atoms with Crippen LogP contribution in [0.5, 0.6) is 0 Å². The van der Waals surface area contributed by atoms with Crippen LogP contribution in [-0.2, 0) is 16.0 Å². The van der Waals surface area contributed by atoms with Crippen molar-refractivity contribution in [1.82, 2.24) is 5.32 Å². The van der Waals surface area contributed by atoms with Gasteiger partial charge in [0.25, 0.3) is 0 Å². The molecule has 1 heterocycles. The highest BCUT2D eigenvalue weighted by atomic mass is 32.2. The third kappa shape index (κ3) is 5.35. The second-order valence-corrected chi connectivity index (χ2v) is 6.92. The van der Waals surface area contributed by atoms with Gasteiger partial charge in [-0.3, -0.25) is 9.59 Å². The van der Waals surface area contributed by atoms with Gasteiger partial charge in [0.1, 0.15) is 0 Å². The van der Waals surface area contributed by atoms with Crippen LogP contribution in [0.3, 0.4) is 0 Å². The normalized spacial score (nSPS) is 10.7. The van der Waals surface area contributed by atoms with Gasteiger partial charge in [0.05, 0.1) is 5.75 Å². The van der Waals surface area contributed by atoms with E-state index >= 15 is 0 Å². The van der Waals surface area contributed by atoms with Crippen molar-refractivity contribution >= 4 is 45.1 Å². The minimum Gasteiger partial charge on any atom is -0.481 e. The molecular weight excluding hydrogens is 318 g/mol. The molecule has 0 unspecified atom stereocenters. The molecule has 0 atom stereocenters. The molecule has 0 aliphatic carbocycles. The standard InChI is InChI=1S/C16H19NO3S2/c18-15(17-8-9-21-11-16(19)20)7-3-4-12-10-22-14-6-2-1-5-13(12)14/h1-2,5-6,10H,3-4,7-9,11H2,(H,17,18)(H,19,20). The van der Waals surface area contributed by atoms with Gasteiger partial charge in [-0.05, 0) is 35.2 Å². The van der Waals surface area contributed by atoms with Crippen LogP contribution in [0.2, 0.25) is 0 Å². The summed E-state index contributed by atoms with van der Waals surface area (Å²) in [6, 6.07) is 8.32. The van der Waals surface area contributed by atoms with Crippen molar-refractivity contribution in [3.8, 4) is 0 Å². The predicted molar refractivity (Wildman–Crippen MR) is 92.7 cm³/mol. The Morgan fingerprint density at radius 3 is 2.91 bits per heavy atom. The molecule has 1 aromatic carbocycles. The molecule has 0 saturated carbocycles. The molecule has 1 amide bonds. The SMILES string of the molecule is O=C(O)CSCCNC(=O)CCCc1csc2ccccc12. The van der Waals surface area contributed by atoms with E-state index in [2.05, 4.69) is 22.8 Å². The third-order valence-corrected chi connectivity index (χ3v) is 5.16. The Balaban J connectivity index is 1.64. The van der Waals surface area contributed by atoms with Crippen LogP contribution in [0, 0.1) is 0 Å². The van der Waals surface area contributed by atoms with Gasteiger partial charge in [0.15, 0.2) is 0 Å². The Kier molecular flexibility index (Phi) is 6.74. The topological polar surface area (TPSA) is 66.4 Å². The van der Waals surface area contributed by atoms with Crippen LogP contribution in [0.4, 0.5) is 0 Å². The third-order valence-electron chi connectivity index (χ3n) is 3.21. The summed E-state index contributed by atoms with van der Waals surface area (Å²) in [5.41, 5.74) is 1.31. The number of benzene rings is 1. The van der Waals surface area contributed by atoms with E-state index in [0.717, 1.165) is 12.8 Å². The van der Waals surface area contributed by atoms with E-state index in [1.807, 2.05) is 12.1 Å². The molecule has 0 fully saturated rings. The van der Waals surface area contributed by atoms with Crippen molar-refractivity contribution < 1.29 is 14.7 Å². The zero-order valence-corrected chi connectivity index (χ0v) is 13.8. The molecule has 2 aromatic rings. The van der Waals surface area contributed by atoms with Gasteiger partial charge in [0.2, 0.25) is 5.91 Å². The number of aryl methyl sites for hydroxylation is 1. The van der Waals surface area contributed by atoms with Crippen molar-refractivity contribution in [2.24, 2.45) is 0 Å². The summed E-state index contributed by atoms with van der Waals surface area (Å²) in [5.74, 6) is -0.0660. The van der Waals surface area contributed by atoms with E-state index in [4.69, 9.17) is 5.11 Å². The first-order valence-corrected chi connectivity index (χ1v) is 9.21. The van der Waals surface area contributed by atoms with E-state index in [-0.39, 0.29) is 11.7 Å². The number of carbonyl (C=O) groups excluding carboxylic acids is 1. The first kappa shape index (κ1) is 16.8. The molecule has 0 aliphatic rings. The Morgan fingerprint density at radius 2 is 2.09 bits per heavy atom. The zero-order valence-electron chi connectivity index (χ0n) is 12.2. The largest absolute Gasteiger partial charge is 0.481 e. The summed E-state index contributed by atoms with van der Waals surface area (Å²) in [7, 11) is 0. The first-order chi connectivity index (χ1) is 10.7. The molecule has 118 valence electrons. The fraction of sp³-hybridized carbons (Fsp3) is 0.375. The van der Waals surface area contributed by atoms with Crippen LogP contribution >= 0.6 is 23.1 Å². The van der Waals surface area contributed by atoms with Crippen LogP contribution in [0.25, 0.3) is 10.1 Å². The monoisotopic (exact) mass is 337 g/mol. The molecular formula is C16H19NO3S2. The van der Waals surface area contributed by atoms with Crippen molar-refractivity contribution in [3.63, 3.8) is 0 Å². The number of nitrogens with one attached hydrogen (secondary N) is 1. The number of fused-ring (bicyclic) bond motifs is 1. The summed E-state index contributed by atoms with van der Waals surface area (Å²) >= 11 is 3.06. The maximum atomic E-state index is 11.7. The summed E-state index contributed by atoms with van der Waals surface area (Å²) in [6.45, 7) is 0.526. The Morgan fingerprint density at radius 1 is 1.27 bits per heavy atom. The highest BCUT2D eigenvalue weighted by Crippen LogP contribution is 2.26. The molecule has 2 N–H and O–H groups in total. The van der Waals surface area contributed by atoms with Gasteiger partial charge in [-0.2, -0.15) is 0 Å². The zero-order chi connectivity index (χ0) is 15.8. The van der Waals surface area contributed by atoms with Crippen molar-refractivity contribution in [2.45, 2.75) is 19.3 Å². The smallest absolute Gasteiger partial charge is 0.313 e. The quantitative estimate of drug-likeness (QED) is 0.690. The lowest BCUT2D eigenvalue weighted by molar-refractivity contribution is -0.133. The summed E-state index contributed by atoms with van der Waals surface area (Å²) in [6.07, 6.45) is 2.24. The number of hydrogen-bond acceptors (Lipinski definition) is 4. The van der Waals surface area contributed by atoms with Gasteiger partial charge in [-0.1, -0.05) is 18.2 Å². The van der Waals surface area contributed by atoms with E-state index in [9.17, 15) is 9.59 Å². The lowest BCUT2D eigenvalue weighted by Gasteiger charge is -2.04. The number of aliphatic carboxylic acids is 1.